The van der Waals surface area contributed by atoms with Crippen LogP contribution in [0.15, 0.2) is 54.7 Å². The summed E-state index contributed by atoms with van der Waals surface area (Å²) in [5.74, 6) is 0. The highest BCUT2D eigenvalue weighted by molar-refractivity contribution is 5.91. The van der Waals surface area contributed by atoms with Crippen molar-refractivity contribution in [2.75, 3.05) is 0 Å². The molecule has 0 atom stereocenters. The van der Waals surface area contributed by atoms with Crippen molar-refractivity contribution in [2.24, 2.45) is 0 Å². The van der Waals surface area contributed by atoms with E-state index in [9.17, 15) is 0 Å². The Balaban J connectivity index is 2.19. The first kappa shape index (κ1) is 13.8. The molecule has 0 saturated carbocycles. The normalized spacial score (nSPS) is 11.8. The molecule has 106 valence electrons. The van der Waals surface area contributed by atoms with Crippen LogP contribution in [0, 0.1) is 6.92 Å². The molecule has 0 fully saturated rings. The average Bonchev–Trinajstić information content (AvgIpc) is 2.47. The maximum atomic E-state index is 4.59. The fourth-order valence-electron chi connectivity index (χ4n) is 2.75. The lowest BCUT2D eigenvalue weighted by atomic mass is 9.86. The van der Waals surface area contributed by atoms with Gasteiger partial charge in [-0.25, -0.2) is 0 Å². The van der Waals surface area contributed by atoms with Gasteiger partial charge in [0.05, 0.1) is 5.69 Å². The van der Waals surface area contributed by atoms with E-state index in [2.05, 4.69) is 81.2 Å². The predicted molar refractivity (Wildman–Crippen MR) is 90.6 cm³/mol. The Hall–Kier alpha value is -2.15. The second-order valence-corrected chi connectivity index (χ2v) is 6.64. The van der Waals surface area contributed by atoms with E-state index in [4.69, 9.17) is 0 Å². The fourth-order valence-corrected chi connectivity index (χ4v) is 2.75. The molecule has 0 bridgehead atoms. The Morgan fingerprint density at radius 1 is 0.905 bits per heavy atom. The summed E-state index contributed by atoms with van der Waals surface area (Å²) in [5, 5.41) is 2.59. The number of fused-ring (bicyclic) bond motifs is 1. The molecule has 0 aliphatic carbocycles. The predicted octanol–water partition coefficient (Wildman–Crippen LogP) is 5.51. The van der Waals surface area contributed by atoms with Crippen LogP contribution in [0.4, 0.5) is 0 Å². The van der Waals surface area contributed by atoms with Crippen molar-refractivity contribution in [3.63, 3.8) is 0 Å². The molecule has 1 aromatic heterocycles. The summed E-state index contributed by atoms with van der Waals surface area (Å²) in [6, 6.07) is 17.2. The van der Waals surface area contributed by atoms with Crippen molar-refractivity contribution < 1.29 is 0 Å². The molecule has 0 saturated heterocycles. The van der Waals surface area contributed by atoms with Crippen LogP contribution in [-0.2, 0) is 5.41 Å². The van der Waals surface area contributed by atoms with Gasteiger partial charge in [-0.15, -0.1) is 0 Å². The van der Waals surface area contributed by atoms with Crippen LogP contribution in [0.1, 0.15) is 31.9 Å². The second kappa shape index (κ2) is 5.00. The number of benzene rings is 2. The fraction of sp³-hybridized carbons (Fsp3) is 0.250. The minimum atomic E-state index is 0.141. The van der Waals surface area contributed by atoms with E-state index < -0.39 is 0 Å². The summed E-state index contributed by atoms with van der Waals surface area (Å²) in [4.78, 5) is 4.59. The lowest BCUT2D eigenvalue weighted by molar-refractivity contribution is 0.589. The van der Waals surface area contributed by atoms with Gasteiger partial charge in [-0.05, 0) is 46.4 Å². The Kier molecular flexibility index (Phi) is 3.29. The van der Waals surface area contributed by atoms with Crippen molar-refractivity contribution >= 4 is 10.8 Å². The first-order valence-electron chi connectivity index (χ1n) is 7.42. The molecule has 3 rings (SSSR count). The number of hydrogen-bond donors (Lipinski definition) is 0. The minimum absolute atomic E-state index is 0.141. The van der Waals surface area contributed by atoms with Gasteiger partial charge in [0.15, 0.2) is 0 Å². The first-order valence-corrected chi connectivity index (χ1v) is 7.42. The third kappa shape index (κ3) is 2.56. The van der Waals surface area contributed by atoms with Gasteiger partial charge in [0.1, 0.15) is 0 Å². The highest BCUT2D eigenvalue weighted by atomic mass is 14.7. The number of aryl methyl sites for hydroxylation is 1. The first-order chi connectivity index (χ1) is 9.97. The van der Waals surface area contributed by atoms with E-state index >= 15 is 0 Å². The lowest BCUT2D eigenvalue weighted by Gasteiger charge is -2.20. The zero-order valence-electron chi connectivity index (χ0n) is 13.1. The Labute approximate surface area is 126 Å². The van der Waals surface area contributed by atoms with Gasteiger partial charge in [-0.3, -0.25) is 4.98 Å². The van der Waals surface area contributed by atoms with Crippen LogP contribution in [0.25, 0.3) is 22.0 Å². The van der Waals surface area contributed by atoms with E-state index in [1.54, 1.807) is 0 Å². The van der Waals surface area contributed by atoms with Gasteiger partial charge >= 0.3 is 0 Å². The van der Waals surface area contributed by atoms with Crippen LogP contribution in [0.5, 0.6) is 0 Å². The van der Waals surface area contributed by atoms with Crippen LogP contribution in [-0.4, -0.2) is 4.98 Å². The number of hydrogen-bond acceptors (Lipinski definition) is 1. The van der Waals surface area contributed by atoms with E-state index in [-0.39, 0.29) is 5.41 Å². The summed E-state index contributed by atoms with van der Waals surface area (Å²) >= 11 is 0. The summed E-state index contributed by atoms with van der Waals surface area (Å²) in [7, 11) is 0. The summed E-state index contributed by atoms with van der Waals surface area (Å²) in [6.07, 6.45) is 1.92. The summed E-state index contributed by atoms with van der Waals surface area (Å²) in [5.41, 5.74) is 5.04. The van der Waals surface area contributed by atoms with Gasteiger partial charge in [0.25, 0.3) is 0 Å². The zero-order valence-corrected chi connectivity index (χ0v) is 13.1. The number of nitrogens with zero attached hydrogens (tertiary/aromatic N) is 1. The molecule has 0 aliphatic rings. The zero-order chi connectivity index (χ0) is 15.0. The molecule has 1 nitrogen and oxygen atoms in total. The molecule has 0 radical (unpaired) electrons. The van der Waals surface area contributed by atoms with Crippen LogP contribution >= 0.6 is 0 Å². The highest BCUT2D eigenvalue weighted by Crippen LogP contribution is 2.31. The number of aromatic nitrogens is 1. The van der Waals surface area contributed by atoms with E-state index in [1.165, 1.54) is 27.5 Å². The van der Waals surface area contributed by atoms with Crippen molar-refractivity contribution in [1.82, 2.24) is 4.98 Å². The van der Waals surface area contributed by atoms with Gasteiger partial charge < -0.3 is 0 Å². The molecule has 0 unspecified atom stereocenters. The van der Waals surface area contributed by atoms with Crippen molar-refractivity contribution in [1.29, 1.82) is 0 Å². The van der Waals surface area contributed by atoms with Crippen molar-refractivity contribution in [2.45, 2.75) is 33.1 Å². The minimum Gasteiger partial charge on any atom is -0.256 e. The van der Waals surface area contributed by atoms with Gasteiger partial charge in [-0.1, -0.05) is 57.2 Å². The number of pyridine rings is 1. The molecule has 3 aromatic rings. The standard InChI is InChI=1S/C20H21N/c1-14-17-8-6-5-7-15(17)9-10-18(14)19-13-16(11-12-21-19)20(2,3)4/h5-13H,1-4H3. The Morgan fingerprint density at radius 2 is 1.67 bits per heavy atom. The SMILES string of the molecule is Cc1c(-c2cc(C(C)(C)C)ccn2)ccc2ccccc12. The molecule has 21 heavy (non-hydrogen) atoms. The summed E-state index contributed by atoms with van der Waals surface area (Å²) < 4.78 is 0. The molecular formula is C20H21N. The van der Waals surface area contributed by atoms with Crippen LogP contribution in [0.3, 0.4) is 0 Å². The molecular weight excluding hydrogens is 254 g/mol. The topological polar surface area (TPSA) is 12.9 Å². The lowest BCUT2D eigenvalue weighted by Crippen LogP contribution is -2.11. The largest absolute Gasteiger partial charge is 0.256 e. The molecule has 2 aromatic carbocycles. The molecule has 1 heteroatoms. The average molecular weight is 275 g/mol. The highest BCUT2D eigenvalue weighted by Gasteiger charge is 2.15. The van der Waals surface area contributed by atoms with E-state index in [0.29, 0.717) is 0 Å². The van der Waals surface area contributed by atoms with E-state index in [0.717, 1.165) is 5.69 Å². The van der Waals surface area contributed by atoms with Crippen LogP contribution < -0.4 is 0 Å². The monoisotopic (exact) mass is 275 g/mol. The van der Waals surface area contributed by atoms with Gasteiger partial charge in [0.2, 0.25) is 0 Å². The maximum absolute atomic E-state index is 4.59. The Morgan fingerprint density at radius 3 is 2.43 bits per heavy atom. The smallest absolute Gasteiger partial charge is 0.0707 e. The molecule has 0 aliphatic heterocycles. The molecule has 0 N–H and O–H groups in total. The third-order valence-electron chi connectivity index (χ3n) is 4.10. The van der Waals surface area contributed by atoms with Gasteiger partial charge in [-0.2, -0.15) is 0 Å². The van der Waals surface area contributed by atoms with Crippen molar-refractivity contribution in [3.05, 3.63) is 65.9 Å². The Bertz CT molecular complexity index is 794. The maximum Gasteiger partial charge on any atom is 0.0707 e. The number of rotatable bonds is 1. The van der Waals surface area contributed by atoms with Gasteiger partial charge in [0, 0.05) is 11.8 Å². The molecule has 1 heterocycles. The second-order valence-electron chi connectivity index (χ2n) is 6.64. The van der Waals surface area contributed by atoms with Crippen molar-refractivity contribution in [3.8, 4) is 11.3 Å². The quantitative estimate of drug-likeness (QED) is 0.571. The third-order valence-corrected chi connectivity index (χ3v) is 4.10. The molecule has 0 spiro atoms. The molecule has 0 amide bonds. The van der Waals surface area contributed by atoms with E-state index in [1.807, 2.05) is 6.20 Å². The van der Waals surface area contributed by atoms with Crippen LogP contribution in [0.2, 0.25) is 0 Å². The summed E-state index contributed by atoms with van der Waals surface area (Å²) in [6.45, 7) is 8.89.